The summed E-state index contributed by atoms with van der Waals surface area (Å²) in [4.78, 5) is 17.3. The molecular weight excluding hydrogens is 180 g/mol. The van der Waals surface area contributed by atoms with Gasteiger partial charge in [-0.15, -0.1) is 0 Å². The van der Waals surface area contributed by atoms with E-state index in [4.69, 9.17) is 5.11 Å². The van der Waals surface area contributed by atoms with Crippen molar-refractivity contribution in [2.45, 2.75) is 12.5 Å². The molecule has 2 heterocycles. The van der Waals surface area contributed by atoms with E-state index in [1.165, 1.54) is 0 Å². The molecule has 1 unspecified atom stereocenters. The summed E-state index contributed by atoms with van der Waals surface area (Å²) in [6.07, 6.45) is 4.08. The van der Waals surface area contributed by atoms with E-state index in [1.54, 1.807) is 29.4 Å². The van der Waals surface area contributed by atoms with Gasteiger partial charge in [0.1, 0.15) is 0 Å². The van der Waals surface area contributed by atoms with Gasteiger partial charge in [-0.1, -0.05) is 0 Å². The highest BCUT2D eigenvalue weighted by atomic mass is 16.3. The third kappa shape index (κ3) is 1.48. The Morgan fingerprint density at radius 1 is 1.71 bits per heavy atom. The molecule has 1 N–H and O–H groups in total. The van der Waals surface area contributed by atoms with E-state index in [9.17, 15) is 4.79 Å². The van der Waals surface area contributed by atoms with Crippen LogP contribution in [0.4, 0.5) is 0 Å². The van der Waals surface area contributed by atoms with Crippen molar-refractivity contribution in [1.82, 2.24) is 9.88 Å². The number of aromatic nitrogens is 1. The zero-order valence-electron chi connectivity index (χ0n) is 7.76. The van der Waals surface area contributed by atoms with E-state index in [0.717, 1.165) is 13.0 Å². The molecular formula is C10H12N2O2. The molecule has 1 amide bonds. The van der Waals surface area contributed by atoms with Crippen molar-refractivity contribution >= 4 is 5.91 Å². The molecule has 1 aromatic heterocycles. The smallest absolute Gasteiger partial charge is 0.255 e. The van der Waals surface area contributed by atoms with Gasteiger partial charge in [-0.3, -0.25) is 9.78 Å². The van der Waals surface area contributed by atoms with Crippen molar-refractivity contribution < 1.29 is 9.90 Å². The maximum atomic E-state index is 11.8. The predicted octanol–water partition coefficient (Wildman–Crippen LogP) is 0.288. The highest BCUT2D eigenvalue weighted by Gasteiger charge is 2.31. The van der Waals surface area contributed by atoms with Gasteiger partial charge in [-0.25, -0.2) is 0 Å². The first-order valence-corrected chi connectivity index (χ1v) is 4.65. The average Bonchev–Trinajstić information content (AvgIpc) is 2.18. The lowest BCUT2D eigenvalue weighted by molar-refractivity contribution is 0.0295. The SMILES string of the molecule is O=C(c1cccnc1)N1CCC1CO. The lowest BCUT2D eigenvalue weighted by Crippen LogP contribution is -2.52. The number of amides is 1. The Bertz CT molecular complexity index is 324. The fraction of sp³-hybridized carbons (Fsp3) is 0.400. The van der Waals surface area contributed by atoms with Crippen molar-refractivity contribution in [1.29, 1.82) is 0 Å². The largest absolute Gasteiger partial charge is 0.394 e. The summed E-state index contributed by atoms with van der Waals surface area (Å²) in [6, 6.07) is 3.48. The van der Waals surface area contributed by atoms with Gasteiger partial charge in [-0.2, -0.15) is 0 Å². The molecule has 1 saturated heterocycles. The van der Waals surface area contributed by atoms with Crippen LogP contribution in [0.1, 0.15) is 16.8 Å². The van der Waals surface area contributed by atoms with Crippen molar-refractivity contribution in [3.63, 3.8) is 0 Å². The van der Waals surface area contributed by atoms with Gasteiger partial charge < -0.3 is 10.0 Å². The van der Waals surface area contributed by atoms with E-state index >= 15 is 0 Å². The summed E-state index contributed by atoms with van der Waals surface area (Å²) in [7, 11) is 0. The fourth-order valence-corrected chi connectivity index (χ4v) is 1.55. The van der Waals surface area contributed by atoms with Crippen LogP contribution < -0.4 is 0 Å². The predicted molar refractivity (Wildman–Crippen MR) is 50.8 cm³/mol. The number of pyridine rings is 1. The van der Waals surface area contributed by atoms with Crippen LogP contribution in [0.25, 0.3) is 0 Å². The molecule has 0 aromatic carbocycles. The first kappa shape index (κ1) is 9.15. The molecule has 1 atom stereocenters. The van der Waals surface area contributed by atoms with E-state index in [2.05, 4.69) is 4.98 Å². The molecule has 0 radical (unpaired) electrons. The van der Waals surface area contributed by atoms with Gasteiger partial charge in [0.05, 0.1) is 18.2 Å². The molecule has 14 heavy (non-hydrogen) atoms. The molecule has 1 aromatic rings. The van der Waals surface area contributed by atoms with Crippen LogP contribution in [0.15, 0.2) is 24.5 Å². The van der Waals surface area contributed by atoms with E-state index in [1.807, 2.05) is 0 Å². The highest BCUT2D eigenvalue weighted by Crippen LogP contribution is 2.19. The molecule has 1 fully saturated rings. The second-order valence-electron chi connectivity index (χ2n) is 3.37. The molecule has 74 valence electrons. The summed E-state index contributed by atoms with van der Waals surface area (Å²) >= 11 is 0. The molecule has 0 saturated carbocycles. The Morgan fingerprint density at radius 2 is 2.57 bits per heavy atom. The van der Waals surface area contributed by atoms with Gasteiger partial charge in [0.2, 0.25) is 0 Å². The Balaban J connectivity index is 2.09. The number of aliphatic hydroxyl groups excluding tert-OH is 1. The first-order valence-electron chi connectivity index (χ1n) is 4.65. The third-order valence-corrected chi connectivity index (χ3v) is 2.52. The Hall–Kier alpha value is -1.42. The third-order valence-electron chi connectivity index (χ3n) is 2.52. The maximum Gasteiger partial charge on any atom is 0.255 e. The van der Waals surface area contributed by atoms with Crippen LogP contribution in [0.5, 0.6) is 0 Å². The molecule has 0 spiro atoms. The molecule has 1 aliphatic rings. The average molecular weight is 192 g/mol. The minimum Gasteiger partial charge on any atom is -0.394 e. The highest BCUT2D eigenvalue weighted by molar-refractivity contribution is 5.94. The minimum atomic E-state index is -0.0385. The van der Waals surface area contributed by atoms with Crippen LogP contribution in [0, 0.1) is 0 Å². The summed E-state index contributed by atoms with van der Waals surface area (Å²) in [5.74, 6) is -0.0385. The fourth-order valence-electron chi connectivity index (χ4n) is 1.55. The number of rotatable bonds is 2. The first-order chi connectivity index (χ1) is 6.83. The van der Waals surface area contributed by atoms with Crippen molar-refractivity contribution in [3.05, 3.63) is 30.1 Å². The Morgan fingerprint density at radius 3 is 3.07 bits per heavy atom. The number of carbonyl (C=O) groups is 1. The van der Waals surface area contributed by atoms with Gasteiger partial charge in [0, 0.05) is 18.9 Å². The van der Waals surface area contributed by atoms with E-state index in [-0.39, 0.29) is 18.6 Å². The lowest BCUT2D eigenvalue weighted by Gasteiger charge is -2.39. The van der Waals surface area contributed by atoms with Crippen LogP contribution >= 0.6 is 0 Å². The molecule has 2 rings (SSSR count). The number of aliphatic hydroxyl groups is 1. The topological polar surface area (TPSA) is 53.4 Å². The number of hydrogen-bond donors (Lipinski definition) is 1. The molecule has 0 bridgehead atoms. The quantitative estimate of drug-likeness (QED) is 0.732. The van der Waals surface area contributed by atoms with Gasteiger partial charge >= 0.3 is 0 Å². The number of likely N-dealkylation sites (tertiary alicyclic amines) is 1. The monoisotopic (exact) mass is 192 g/mol. The summed E-state index contributed by atoms with van der Waals surface area (Å²) in [6.45, 7) is 0.783. The second-order valence-corrected chi connectivity index (χ2v) is 3.37. The summed E-state index contributed by atoms with van der Waals surface area (Å²) < 4.78 is 0. The summed E-state index contributed by atoms with van der Waals surface area (Å²) in [5.41, 5.74) is 0.589. The Labute approximate surface area is 82.2 Å². The molecule has 4 heteroatoms. The van der Waals surface area contributed by atoms with Gasteiger partial charge in [0.25, 0.3) is 5.91 Å². The minimum absolute atomic E-state index is 0.00251. The van der Waals surface area contributed by atoms with Gasteiger partial charge in [-0.05, 0) is 18.6 Å². The van der Waals surface area contributed by atoms with E-state index in [0.29, 0.717) is 5.56 Å². The molecule has 4 nitrogen and oxygen atoms in total. The molecule has 1 aliphatic heterocycles. The Kier molecular flexibility index (Phi) is 2.45. The van der Waals surface area contributed by atoms with Gasteiger partial charge in [0.15, 0.2) is 0 Å². The summed E-state index contributed by atoms with van der Waals surface area (Å²) in [5, 5.41) is 8.94. The normalized spacial score (nSPS) is 20.4. The number of nitrogens with zero attached hydrogens (tertiary/aromatic N) is 2. The zero-order valence-corrected chi connectivity index (χ0v) is 7.76. The van der Waals surface area contributed by atoms with Crippen molar-refractivity contribution in [2.75, 3.05) is 13.2 Å². The number of carbonyl (C=O) groups excluding carboxylic acids is 1. The van der Waals surface area contributed by atoms with Crippen LogP contribution in [0.2, 0.25) is 0 Å². The van der Waals surface area contributed by atoms with Crippen LogP contribution in [0.3, 0.4) is 0 Å². The van der Waals surface area contributed by atoms with Crippen molar-refractivity contribution in [2.24, 2.45) is 0 Å². The second kappa shape index (κ2) is 3.75. The zero-order chi connectivity index (χ0) is 9.97. The molecule has 0 aliphatic carbocycles. The van der Waals surface area contributed by atoms with Crippen LogP contribution in [-0.4, -0.2) is 40.1 Å². The van der Waals surface area contributed by atoms with Crippen molar-refractivity contribution in [3.8, 4) is 0 Å². The standard InChI is InChI=1S/C10H12N2O2/c13-7-9-3-5-12(9)10(14)8-2-1-4-11-6-8/h1-2,4,6,9,13H,3,5,7H2. The van der Waals surface area contributed by atoms with Crippen LogP contribution in [-0.2, 0) is 0 Å². The number of hydrogen-bond acceptors (Lipinski definition) is 3. The maximum absolute atomic E-state index is 11.8. The van der Waals surface area contributed by atoms with E-state index < -0.39 is 0 Å². The lowest BCUT2D eigenvalue weighted by atomic mass is 10.0.